The molecule has 0 bridgehead atoms. The molecule has 0 saturated carbocycles. The zero-order chi connectivity index (χ0) is 12.7. The lowest BCUT2D eigenvalue weighted by atomic mass is 10.8. The summed E-state index contributed by atoms with van der Waals surface area (Å²) in [7, 11) is -17.2. The van der Waals surface area contributed by atoms with E-state index >= 15 is 0 Å². The average molecular weight is 286 g/mol. The maximum Gasteiger partial charge on any atom is 0.540 e. The van der Waals surface area contributed by atoms with Crippen molar-refractivity contribution in [2.75, 3.05) is 6.54 Å². The highest BCUT2D eigenvalue weighted by Crippen LogP contribution is 2.79. The van der Waals surface area contributed by atoms with Crippen LogP contribution in [0.5, 0.6) is 0 Å². The van der Waals surface area contributed by atoms with Gasteiger partial charge in [0, 0.05) is 0 Å². The van der Waals surface area contributed by atoms with Gasteiger partial charge in [0.15, 0.2) is 0 Å². The van der Waals surface area contributed by atoms with E-state index in [0.717, 1.165) is 6.92 Å². The van der Waals surface area contributed by atoms with Crippen LogP contribution in [0.2, 0.25) is 0 Å². The topological polar surface area (TPSA) is 173 Å². The highest BCUT2D eigenvalue weighted by atomic mass is 31.3. The first-order valence-electron chi connectivity index (χ1n) is 3.37. The normalized spacial score (nSPS) is 15.4. The van der Waals surface area contributed by atoms with Gasteiger partial charge in [0.05, 0.1) is 6.54 Å². The van der Waals surface area contributed by atoms with Crippen LogP contribution in [0.25, 0.3) is 0 Å². The summed E-state index contributed by atoms with van der Waals surface area (Å²) in [6, 6.07) is 0. The van der Waals surface area contributed by atoms with Crippen molar-refractivity contribution in [2.24, 2.45) is 0 Å². The number of hydrogen-bond acceptors (Lipinski definition) is 3. The second-order valence-corrected chi connectivity index (χ2v) is 8.62. The Kier molecular flexibility index (Phi) is 4.12. The molecular weight excluding hydrogens is 275 g/mol. The van der Waals surface area contributed by atoms with Gasteiger partial charge >= 0.3 is 23.2 Å². The standard InChI is InChI=1S/C2H10NO9P3/c1-2-3(13(4,5)6,14(7,8)9)15(10,11)12/h2H2,1H3,(H5-,4,5,6,7,8,9,10,11,12)/p+1. The van der Waals surface area contributed by atoms with Crippen LogP contribution in [-0.2, 0) is 13.7 Å². The molecule has 0 rings (SSSR count). The highest BCUT2D eigenvalue weighted by molar-refractivity contribution is 7.70. The number of nitrogens with zero attached hydrogens (tertiary/aromatic N) is 1. The molecule has 0 aromatic heterocycles. The fourth-order valence-corrected chi connectivity index (χ4v) is 5.76. The van der Waals surface area contributed by atoms with Crippen LogP contribution in [0.15, 0.2) is 0 Å². The predicted octanol–water partition coefficient (Wildman–Crippen LogP) is -0.899. The van der Waals surface area contributed by atoms with Gasteiger partial charge in [0.2, 0.25) is 0 Å². The van der Waals surface area contributed by atoms with Gasteiger partial charge in [-0.05, 0) is 6.92 Å². The molecule has 15 heavy (non-hydrogen) atoms. The van der Waals surface area contributed by atoms with E-state index in [4.69, 9.17) is 29.4 Å². The lowest BCUT2D eigenvalue weighted by Crippen LogP contribution is -2.37. The number of hydrogen-bond donors (Lipinski definition) is 6. The summed E-state index contributed by atoms with van der Waals surface area (Å²) in [4.78, 5) is 52.2. The molecule has 0 saturated heterocycles. The van der Waals surface area contributed by atoms with E-state index in [2.05, 4.69) is 0 Å². The monoisotopic (exact) mass is 286 g/mol. The Bertz CT molecular complexity index is 316. The first-order valence-corrected chi connectivity index (χ1v) is 8.07. The minimum absolute atomic E-state index is 0.845. The lowest BCUT2D eigenvalue weighted by molar-refractivity contribution is -0.593. The minimum atomic E-state index is -5.74. The van der Waals surface area contributed by atoms with Crippen LogP contribution < -0.4 is 0 Å². The van der Waals surface area contributed by atoms with Crippen molar-refractivity contribution >= 4 is 23.2 Å². The Morgan fingerprint density at radius 3 is 1.00 bits per heavy atom. The van der Waals surface area contributed by atoms with Crippen LogP contribution in [0.4, 0.5) is 0 Å². The summed E-state index contributed by atoms with van der Waals surface area (Å²) < 4.78 is 29.7. The first kappa shape index (κ1) is 15.4. The van der Waals surface area contributed by atoms with E-state index < -0.39 is 33.6 Å². The maximum absolute atomic E-state index is 10.9. The van der Waals surface area contributed by atoms with E-state index in [-0.39, 0.29) is 0 Å². The summed E-state index contributed by atoms with van der Waals surface area (Å²) >= 11 is 0. The quantitative estimate of drug-likeness (QED) is 0.358. The SMILES string of the molecule is CC[N+](P(=O)(O)O)(P(=O)(O)O)P(=O)(O)O. The molecule has 0 aliphatic rings. The van der Waals surface area contributed by atoms with Crippen LogP contribution in [0.3, 0.4) is 0 Å². The van der Waals surface area contributed by atoms with Gasteiger partial charge in [0.25, 0.3) is 0 Å². The molecule has 0 amide bonds. The van der Waals surface area contributed by atoms with Gasteiger partial charge in [-0.15, -0.1) is 0 Å². The van der Waals surface area contributed by atoms with Crippen molar-refractivity contribution in [1.82, 2.24) is 0 Å². The predicted molar refractivity (Wildman–Crippen MR) is 46.9 cm³/mol. The molecule has 0 aliphatic heterocycles. The third-order valence-electron chi connectivity index (χ3n) is 1.68. The maximum atomic E-state index is 10.9. The lowest BCUT2D eigenvalue weighted by Gasteiger charge is -2.34. The van der Waals surface area contributed by atoms with E-state index in [9.17, 15) is 13.7 Å². The van der Waals surface area contributed by atoms with Gasteiger partial charge in [0.1, 0.15) is 0 Å². The van der Waals surface area contributed by atoms with E-state index in [1.807, 2.05) is 0 Å². The minimum Gasteiger partial charge on any atom is -0.278 e. The van der Waals surface area contributed by atoms with Crippen molar-refractivity contribution in [3.8, 4) is 0 Å². The summed E-state index contributed by atoms with van der Waals surface area (Å²) in [5, 5.41) is 0. The molecule has 0 radical (unpaired) electrons. The van der Waals surface area contributed by atoms with Crippen LogP contribution in [0.1, 0.15) is 6.92 Å². The molecule has 0 spiro atoms. The third-order valence-corrected chi connectivity index (χ3v) is 9.22. The Labute approximate surface area is 84.4 Å². The Morgan fingerprint density at radius 1 is 0.800 bits per heavy atom. The highest BCUT2D eigenvalue weighted by Gasteiger charge is 2.70. The molecule has 0 aliphatic carbocycles. The van der Waals surface area contributed by atoms with Gasteiger partial charge in [-0.3, -0.25) is 29.4 Å². The smallest absolute Gasteiger partial charge is 0.278 e. The van der Waals surface area contributed by atoms with Gasteiger partial charge < -0.3 is 0 Å². The van der Waals surface area contributed by atoms with Gasteiger partial charge in [-0.1, -0.05) is 3.79 Å². The van der Waals surface area contributed by atoms with Crippen molar-refractivity contribution in [3.05, 3.63) is 0 Å². The zero-order valence-corrected chi connectivity index (χ0v) is 10.1. The second kappa shape index (κ2) is 4.01. The van der Waals surface area contributed by atoms with Crippen molar-refractivity contribution < 1.29 is 46.9 Å². The fourth-order valence-electron chi connectivity index (χ4n) is 1.01. The largest absolute Gasteiger partial charge is 0.540 e. The fraction of sp³-hybridized carbons (Fsp3) is 1.00. The molecular formula is C2H11NO9P3+. The Hall–Kier alpha value is 0.410. The molecule has 0 fully saturated rings. The van der Waals surface area contributed by atoms with Gasteiger partial charge in [-0.25, -0.2) is 13.7 Å². The molecule has 0 atom stereocenters. The molecule has 6 N–H and O–H groups in total. The summed E-state index contributed by atoms with van der Waals surface area (Å²) in [5.41, 5.74) is 0. The molecule has 0 aromatic rings. The van der Waals surface area contributed by atoms with E-state index in [1.165, 1.54) is 0 Å². The van der Waals surface area contributed by atoms with Crippen LogP contribution >= 0.6 is 23.2 Å². The summed E-state index contributed by atoms with van der Waals surface area (Å²) in [6.45, 7) is -0.268. The van der Waals surface area contributed by atoms with Crippen molar-refractivity contribution in [2.45, 2.75) is 6.92 Å². The van der Waals surface area contributed by atoms with Crippen LogP contribution in [0, 0.1) is 0 Å². The Morgan fingerprint density at radius 2 is 1.00 bits per heavy atom. The van der Waals surface area contributed by atoms with Crippen molar-refractivity contribution in [1.29, 1.82) is 0 Å². The zero-order valence-electron chi connectivity index (χ0n) is 7.40. The molecule has 13 heteroatoms. The van der Waals surface area contributed by atoms with Crippen molar-refractivity contribution in [3.63, 3.8) is 0 Å². The number of quaternary nitrogens is 1. The molecule has 0 heterocycles. The molecule has 92 valence electrons. The average Bonchev–Trinajstić information content (AvgIpc) is 1.76. The van der Waals surface area contributed by atoms with E-state index in [0.29, 0.717) is 0 Å². The number of rotatable bonds is 4. The summed E-state index contributed by atoms with van der Waals surface area (Å²) in [5.74, 6) is 0. The molecule has 0 aromatic carbocycles. The summed E-state index contributed by atoms with van der Waals surface area (Å²) in [6.07, 6.45) is 0. The Balaban J connectivity index is 6.16. The van der Waals surface area contributed by atoms with Gasteiger partial charge in [-0.2, -0.15) is 0 Å². The molecule has 10 nitrogen and oxygen atoms in total. The van der Waals surface area contributed by atoms with Crippen LogP contribution in [-0.4, -0.2) is 39.7 Å². The van der Waals surface area contributed by atoms with E-state index in [1.54, 1.807) is 0 Å². The molecule has 0 unspecified atom stereocenters. The second-order valence-electron chi connectivity index (χ2n) is 2.55. The first-order chi connectivity index (χ1) is 6.31. The third kappa shape index (κ3) is 2.40.